The summed E-state index contributed by atoms with van der Waals surface area (Å²) < 4.78 is 0.463. The molecule has 0 saturated carbocycles. The molecule has 0 spiro atoms. The first-order chi connectivity index (χ1) is 9.82. The van der Waals surface area contributed by atoms with E-state index in [4.69, 9.17) is 5.11 Å². The van der Waals surface area contributed by atoms with Gasteiger partial charge in [0.25, 0.3) is 11.6 Å². The molecule has 0 radical (unpaired) electrons. The normalized spacial score (nSPS) is 11.7. The summed E-state index contributed by atoms with van der Waals surface area (Å²) in [6, 6.07) is 3.94. The molecule has 1 aromatic rings. The predicted octanol–water partition coefficient (Wildman–Crippen LogP) is 2.59. The number of nitro benzene ring substituents is 1. The standard InChI is InChI=1S/C13H15BrN2O5/c1-8(13(18)19)3-2-6-15-12(17)10-7-9(16(20)21)4-5-11(10)14/h4-5,7-8H,2-3,6H2,1H3,(H,15,17)(H,18,19). The van der Waals surface area contributed by atoms with Crippen molar-refractivity contribution < 1.29 is 19.6 Å². The highest BCUT2D eigenvalue weighted by atomic mass is 79.9. The molecule has 1 aromatic carbocycles. The number of amides is 1. The predicted molar refractivity (Wildman–Crippen MR) is 79.2 cm³/mol. The summed E-state index contributed by atoms with van der Waals surface area (Å²) in [6.07, 6.45) is 0.970. The lowest BCUT2D eigenvalue weighted by molar-refractivity contribution is -0.384. The molecule has 21 heavy (non-hydrogen) atoms. The van der Waals surface area contributed by atoms with Gasteiger partial charge in [-0.15, -0.1) is 0 Å². The Bertz CT molecular complexity index is 561. The number of nitro groups is 1. The number of aliphatic carboxylic acids is 1. The Hall–Kier alpha value is -1.96. The Kier molecular flexibility index (Phi) is 6.29. The van der Waals surface area contributed by atoms with E-state index in [-0.39, 0.29) is 11.3 Å². The van der Waals surface area contributed by atoms with E-state index in [1.54, 1.807) is 6.92 Å². The van der Waals surface area contributed by atoms with Gasteiger partial charge in [-0.1, -0.05) is 6.92 Å². The van der Waals surface area contributed by atoms with Crippen LogP contribution in [0.1, 0.15) is 30.1 Å². The van der Waals surface area contributed by atoms with Crippen molar-refractivity contribution >= 4 is 33.5 Å². The molecule has 114 valence electrons. The molecule has 0 bridgehead atoms. The summed E-state index contributed by atoms with van der Waals surface area (Å²) >= 11 is 3.17. The highest BCUT2D eigenvalue weighted by Crippen LogP contribution is 2.22. The number of hydrogen-bond acceptors (Lipinski definition) is 4. The van der Waals surface area contributed by atoms with Crippen molar-refractivity contribution in [3.8, 4) is 0 Å². The number of carbonyl (C=O) groups excluding carboxylic acids is 1. The molecule has 0 aromatic heterocycles. The number of non-ortho nitro benzene ring substituents is 1. The highest BCUT2D eigenvalue weighted by Gasteiger charge is 2.15. The average Bonchev–Trinajstić information content (AvgIpc) is 2.43. The van der Waals surface area contributed by atoms with Gasteiger partial charge in [0.1, 0.15) is 0 Å². The molecule has 0 aliphatic heterocycles. The van der Waals surface area contributed by atoms with Gasteiger partial charge in [0.05, 0.1) is 16.4 Å². The molecule has 0 fully saturated rings. The maximum absolute atomic E-state index is 11.9. The molecule has 0 heterocycles. The Morgan fingerprint density at radius 1 is 1.48 bits per heavy atom. The van der Waals surface area contributed by atoms with Gasteiger partial charge in [0.2, 0.25) is 0 Å². The van der Waals surface area contributed by atoms with Crippen LogP contribution in [0.4, 0.5) is 5.69 Å². The van der Waals surface area contributed by atoms with Crippen LogP contribution in [0.3, 0.4) is 0 Å². The van der Waals surface area contributed by atoms with E-state index in [2.05, 4.69) is 21.2 Å². The molecule has 1 rings (SSSR count). The smallest absolute Gasteiger partial charge is 0.306 e. The van der Waals surface area contributed by atoms with E-state index in [0.717, 1.165) is 0 Å². The first kappa shape index (κ1) is 17.1. The van der Waals surface area contributed by atoms with E-state index in [0.29, 0.717) is 23.9 Å². The van der Waals surface area contributed by atoms with E-state index in [1.165, 1.54) is 18.2 Å². The van der Waals surface area contributed by atoms with Crippen LogP contribution in [0.15, 0.2) is 22.7 Å². The lowest BCUT2D eigenvalue weighted by Crippen LogP contribution is -2.25. The van der Waals surface area contributed by atoms with Gasteiger partial charge >= 0.3 is 5.97 Å². The van der Waals surface area contributed by atoms with Crippen LogP contribution in [0.25, 0.3) is 0 Å². The van der Waals surface area contributed by atoms with Crippen molar-refractivity contribution in [2.24, 2.45) is 5.92 Å². The first-order valence-electron chi connectivity index (χ1n) is 6.28. The third-order valence-corrected chi connectivity index (χ3v) is 3.62. The third kappa shape index (κ3) is 5.14. The van der Waals surface area contributed by atoms with Crippen LogP contribution >= 0.6 is 15.9 Å². The average molecular weight is 359 g/mol. The van der Waals surface area contributed by atoms with Crippen molar-refractivity contribution in [3.05, 3.63) is 38.3 Å². The molecule has 2 N–H and O–H groups in total. The first-order valence-corrected chi connectivity index (χ1v) is 7.07. The van der Waals surface area contributed by atoms with Crippen molar-refractivity contribution in [1.82, 2.24) is 5.32 Å². The second-order valence-electron chi connectivity index (χ2n) is 4.56. The summed E-state index contributed by atoms with van der Waals surface area (Å²) in [5, 5.41) is 22.0. The lowest BCUT2D eigenvalue weighted by Gasteiger charge is -2.08. The van der Waals surface area contributed by atoms with Crippen molar-refractivity contribution in [2.75, 3.05) is 6.54 Å². The minimum absolute atomic E-state index is 0.164. The zero-order valence-electron chi connectivity index (χ0n) is 11.3. The van der Waals surface area contributed by atoms with Crippen molar-refractivity contribution in [1.29, 1.82) is 0 Å². The Labute approximate surface area is 129 Å². The monoisotopic (exact) mass is 358 g/mol. The molecule has 0 aliphatic rings. The minimum atomic E-state index is -0.872. The van der Waals surface area contributed by atoms with Gasteiger partial charge in [-0.05, 0) is 34.8 Å². The van der Waals surface area contributed by atoms with E-state index in [1.807, 2.05) is 0 Å². The van der Waals surface area contributed by atoms with Gasteiger partial charge in [-0.3, -0.25) is 19.7 Å². The second kappa shape index (κ2) is 7.72. The van der Waals surface area contributed by atoms with Gasteiger partial charge in [0.15, 0.2) is 0 Å². The number of benzene rings is 1. The van der Waals surface area contributed by atoms with Gasteiger partial charge in [0, 0.05) is 23.2 Å². The summed E-state index contributed by atoms with van der Waals surface area (Å²) in [5.74, 6) is -1.78. The highest BCUT2D eigenvalue weighted by molar-refractivity contribution is 9.10. The Morgan fingerprint density at radius 2 is 2.14 bits per heavy atom. The van der Waals surface area contributed by atoms with Crippen LogP contribution in [0, 0.1) is 16.0 Å². The number of rotatable bonds is 7. The zero-order valence-corrected chi connectivity index (χ0v) is 12.9. The maximum Gasteiger partial charge on any atom is 0.306 e. The van der Waals surface area contributed by atoms with Crippen LogP contribution in [0.5, 0.6) is 0 Å². The van der Waals surface area contributed by atoms with Crippen LogP contribution < -0.4 is 5.32 Å². The minimum Gasteiger partial charge on any atom is -0.481 e. The lowest BCUT2D eigenvalue weighted by atomic mass is 10.1. The van der Waals surface area contributed by atoms with E-state index in [9.17, 15) is 19.7 Å². The number of carboxylic acid groups (broad SMARTS) is 1. The zero-order chi connectivity index (χ0) is 16.0. The van der Waals surface area contributed by atoms with Crippen LogP contribution in [0.2, 0.25) is 0 Å². The Balaban J connectivity index is 2.58. The van der Waals surface area contributed by atoms with E-state index < -0.39 is 22.7 Å². The maximum atomic E-state index is 11.9. The molecule has 1 atom stereocenters. The third-order valence-electron chi connectivity index (χ3n) is 2.93. The van der Waals surface area contributed by atoms with Crippen molar-refractivity contribution in [3.63, 3.8) is 0 Å². The molecule has 1 amide bonds. The number of hydrogen-bond donors (Lipinski definition) is 2. The van der Waals surface area contributed by atoms with Gasteiger partial charge < -0.3 is 10.4 Å². The van der Waals surface area contributed by atoms with Crippen LogP contribution in [-0.2, 0) is 4.79 Å². The summed E-state index contributed by atoms with van der Waals surface area (Å²) in [7, 11) is 0. The fourth-order valence-corrected chi connectivity index (χ4v) is 2.06. The second-order valence-corrected chi connectivity index (χ2v) is 5.41. The summed E-state index contributed by atoms with van der Waals surface area (Å²) in [6.45, 7) is 1.91. The molecular weight excluding hydrogens is 344 g/mol. The largest absolute Gasteiger partial charge is 0.481 e. The number of nitrogens with zero attached hydrogens (tertiary/aromatic N) is 1. The fraction of sp³-hybridized carbons (Fsp3) is 0.385. The number of halogens is 1. The molecule has 7 nitrogen and oxygen atoms in total. The topological polar surface area (TPSA) is 110 Å². The molecule has 1 unspecified atom stereocenters. The number of nitrogens with one attached hydrogen (secondary N) is 1. The van der Waals surface area contributed by atoms with Crippen molar-refractivity contribution in [2.45, 2.75) is 19.8 Å². The van der Waals surface area contributed by atoms with Gasteiger partial charge in [-0.2, -0.15) is 0 Å². The summed E-state index contributed by atoms with van der Waals surface area (Å²) in [4.78, 5) is 32.7. The van der Waals surface area contributed by atoms with Crippen LogP contribution in [-0.4, -0.2) is 28.5 Å². The molecule has 0 aliphatic carbocycles. The molecule has 8 heteroatoms. The number of carboxylic acids is 1. The van der Waals surface area contributed by atoms with E-state index >= 15 is 0 Å². The fourth-order valence-electron chi connectivity index (χ4n) is 1.63. The quantitative estimate of drug-likeness (QED) is 0.442. The Morgan fingerprint density at radius 3 is 2.71 bits per heavy atom. The molecular formula is C13H15BrN2O5. The SMILES string of the molecule is CC(CCCNC(=O)c1cc([N+](=O)[O-])ccc1Br)C(=O)O. The molecule has 0 saturated heterocycles. The number of carbonyl (C=O) groups is 2. The summed E-state index contributed by atoms with van der Waals surface area (Å²) in [5.41, 5.74) is 0.0123. The van der Waals surface area contributed by atoms with Gasteiger partial charge in [-0.25, -0.2) is 0 Å².